The Morgan fingerprint density at radius 2 is 1.92 bits per heavy atom. The molecule has 25 heavy (non-hydrogen) atoms. The molecule has 1 aliphatic rings. The predicted molar refractivity (Wildman–Crippen MR) is 91.8 cm³/mol. The summed E-state index contributed by atoms with van der Waals surface area (Å²) in [7, 11) is -4.00. The molecule has 1 aromatic heterocycles. The summed E-state index contributed by atoms with van der Waals surface area (Å²) in [4.78, 5) is -0.0409. The van der Waals surface area contributed by atoms with E-state index in [1.165, 1.54) is 18.2 Å². The molecule has 126 valence electrons. The third kappa shape index (κ3) is 2.87. The van der Waals surface area contributed by atoms with Crippen molar-refractivity contribution >= 4 is 21.1 Å². The van der Waals surface area contributed by atoms with Crippen molar-refractivity contribution in [2.45, 2.75) is 30.6 Å². The Bertz CT molecular complexity index is 1110. The Kier molecular flexibility index (Phi) is 3.74. The molecule has 0 saturated carbocycles. The first-order valence-corrected chi connectivity index (χ1v) is 9.46. The highest BCUT2D eigenvalue weighted by atomic mass is 32.2. The van der Waals surface area contributed by atoms with Gasteiger partial charge in [0.05, 0.1) is 11.6 Å². The number of benzene rings is 2. The molecule has 3 aromatic rings. The van der Waals surface area contributed by atoms with Crippen molar-refractivity contribution in [1.29, 1.82) is 5.26 Å². The third-order valence-corrected chi connectivity index (χ3v) is 5.63. The highest BCUT2D eigenvalue weighted by Gasteiger charge is 2.21. The Morgan fingerprint density at radius 1 is 1.08 bits per heavy atom. The van der Waals surface area contributed by atoms with Crippen LogP contribution >= 0.6 is 0 Å². The molecule has 0 bridgehead atoms. The number of furan rings is 1. The van der Waals surface area contributed by atoms with E-state index in [2.05, 4.69) is 0 Å². The van der Waals surface area contributed by atoms with E-state index in [0.29, 0.717) is 0 Å². The average Bonchev–Trinajstić information content (AvgIpc) is 2.99. The van der Waals surface area contributed by atoms with Gasteiger partial charge in [-0.25, -0.2) is 0 Å². The summed E-state index contributed by atoms with van der Waals surface area (Å²) in [5.41, 5.74) is 2.17. The largest absolute Gasteiger partial charge is 0.461 e. The summed E-state index contributed by atoms with van der Waals surface area (Å²) in [6, 6.07) is 12.7. The monoisotopic (exact) mass is 353 g/mol. The molecule has 0 spiro atoms. The summed E-state index contributed by atoms with van der Waals surface area (Å²) in [6.07, 6.45) is 4.06. The van der Waals surface area contributed by atoms with E-state index in [1.807, 2.05) is 6.07 Å². The first kappa shape index (κ1) is 15.7. The number of hydrogen-bond acceptors (Lipinski definition) is 5. The molecule has 2 aromatic carbocycles. The second-order valence-electron chi connectivity index (χ2n) is 6.05. The zero-order chi connectivity index (χ0) is 17.4. The minimum atomic E-state index is -4.00. The zero-order valence-electron chi connectivity index (χ0n) is 13.4. The minimum absolute atomic E-state index is 0.0409. The predicted octanol–water partition coefficient (Wildman–Crippen LogP) is 3.95. The molecule has 0 radical (unpaired) electrons. The van der Waals surface area contributed by atoms with Gasteiger partial charge < -0.3 is 8.60 Å². The highest BCUT2D eigenvalue weighted by molar-refractivity contribution is 7.87. The van der Waals surface area contributed by atoms with E-state index in [4.69, 9.17) is 13.9 Å². The van der Waals surface area contributed by atoms with Crippen LogP contribution in [0.3, 0.4) is 0 Å². The van der Waals surface area contributed by atoms with Crippen LogP contribution in [0.2, 0.25) is 0 Å². The number of rotatable bonds is 3. The van der Waals surface area contributed by atoms with E-state index < -0.39 is 10.1 Å². The molecule has 0 N–H and O–H groups in total. The van der Waals surface area contributed by atoms with Gasteiger partial charge in [0.25, 0.3) is 0 Å². The van der Waals surface area contributed by atoms with Gasteiger partial charge in [-0.15, -0.1) is 0 Å². The SMILES string of the molecule is N#Cc1cccc(S(=O)(=O)Oc2ccc3oc4c(c3c2)CCCC4)c1. The van der Waals surface area contributed by atoms with Gasteiger partial charge in [0.15, 0.2) is 0 Å². The van der Waals surface area contributed by atoms with E-state index in [0.717, 1.165) is 48.0 Å². The topological polar surface area (TPSA) is 80.3 Å². The first-order valence-electron chi connectivity index (χ1n) is 8.06. The second-order valence-corrected chi connectivity index (χ2v) is 7.59. The quantitative estimate of drug-likeness (QED) is 0.666. The third-order valence-electron chi connectivity index (χ3n) is 4.38. The standard InChI is InChI=1S/C19H15NO4S/c20-12-13-4-3-5-15(10-13)25(21,22)24-14-8-9-19-17(11-14)16-6-1-2-7-18(16)23-19/h3-5,8-11H,1-2,6-7H2. The molecule has 6 heteroatoms. The molecule has 0 unspecified atom stereocenters. The lowest BCUT2D eigenvalue weighted by atomic mass is 9.96. The fourth-order valence-corrected chi connectivity index (χ4v) is 4.16. The fourth-order valence-electron chi connectivity index (χ4n) is 3.19. The number of nitriles is 1. The van der Waals surface area contributed by atoms with Crippen LogP contribution < -0.4 is 4.18 Å². The van der Waals surface area contributed by atoms with Crippen LogP contribution in [0.25, 0.3) is 11.0 Å². The molecular weight excluding hydrogens is 338 g/mol. The van der Waals surface area contributed by atoms with E-state index >= 15 is 0 Å². The molecule has 0 saturated heterocycles. The summed E-state index contributed by atoms with van der Waals surface area (Å²) < 4.78 is 36.1. The van der Waals surface area contributed by atoms with Gasteiger partial charge in [-0.2, -0.15) is 13.7 Å². The van der Waals surface area contributed by atoms with Crippen LogP contribution in [-0.2, 0) is 23.0 Å². The number of fused-ring (bicyclic) bond motifs is 3. The molecule has 0 amide bonds. The number of aryl methyl sites for hydroxylation is 2. The Balaban J connectivity index is 1.71. The fraction of sp³-hybridized carbons (Fsp3) is 0.211. The van der Waals surface area contributed by atoms with Gasteiger partial charge in [0.1, 0.15) is 22.0 Å². The smallest absolute Gasteiger partial charge is 0.339 e. The van der Waals surface area contributed by atoms with Crippen molar-refractivity contribution in [2.24, 2.45) is 0 Å². The van der Waals surface area contributed by atoms with E-state index in [9.17, 15) is 8.42 Å². The van der Waals surface area contributed by atoms with Gasteiger partial charge in [0.2, 0.25) is 0 Å². The molecule has 0 aliphatic heterocycles. The van der Waals surface area contributed by atoms with E-state index in [1.54, 1.807) is 24.3 Å². The zero-order valence-corrected chi connectivity index (χ0v) is 14.2. The molecule has 0 atom stereocenters. The minimum Gasteiger partial charge on any atom is -0.461 e. The van der Waals surface area contributed by atoms with Crippen LogP contribution in [0.5, 0.6) is 5.75 Å². The Labute approximate surface area is 145 Å². The molecule has 1 aliphatic carbocycles. The van der Waals surface area contributed by atoms with Crippen molar-refractivity contribution in [3.63, 3.8) is 0 Å². The van der Waals surface area contributed by atoms with Crippen molar-refractivity contribution in [2.75, 3.05) is 0 Å². The van der Waals surface area contributed by atoms with Crippen LogP contribution in [0.1, 0.15) is 29.7 Å². The van der Waals surface area contributed by atoms with Gasteiger partial charge in [-0.1, -0.05) is 6.07 Å². The van der Waals surface area contributed by atoms with Crippen molar-refractivity contribution in [3.05, 3.63) is 59.4 Å². The van der Waals surface area contributed by atoms with E-state index in [-0.39, 0.29) is 16.2 Å². The molecule has 4 rings (SSSR count). The van der Waals surface area contributed by atoms with Crippen LogP contribution in [-0.4, -0.2) is 8.42 Å². The summed E-state index contributed by atoms with van der Waals surface area (Å²) in [5, 5.41) is 9.84. The van der Waals surface area contributed by atoms with Crippen molar-refractivity contribution in [3.8, 4) is 11.8 Å². The molecular formula is C19H15NO4S. The first-order chi connectivity index (χ1) is 12.1. The lowest BCUT2D eigenvalue weighted by molar-refractivity contribution is 0.486. The summed E-state index contributed by atoms with van der Waals surface area (Å²) in [6.45, 7) is 0. The lowest BCUT2D eigenvalue weighted by Gasteiger charge is -2.09. The molecule has 0 fully saturated rings. The lowest BCUT2D eigenvalue weighted by Crippen LogP contribution is -2.09. The van der Waals surface area contributed by atoms with Crippen LogP contribution in [0.15, 0.2) is 51.8 Å². The maximum atomic E-state index is 12.5. The maximum Gasteiger partial charge on any atom is 0.339 e. The average molecular weight is 353 g/mol. The second kappa shape index (κ2) is 5.94. The Hall–Kier alpha value is -2.78. The van der Waals surface area contributed by atoms with Crippen molar-refractivity contribution < 1.29 is 17.0 Å². The molecule has 1 heterocycles. The van der Waals surface area contributed by atoms with Gasteiger partial charge in [0, 0.05) is 17.4 Å². The van der Waals surface area contributed by atoms with Gasteiger partial charge in [-0.05, 0) is 55.7 Å². The van der Waals surface area contributed by atoms with Crippen molar-refractivity contribution in [1.82, 2.24) is 0 Å². The summed E-state index contributed by atoms with van der Waals surface area (Å²) in [5.74, 6) is 1.23. The normalized spacial score (nSPS) is 14.0. The Morgan fingerprint density at radius 3 is 2.76 bits per heavy atom. The molecule has 5 nitrogen and oxygen atoms in total. The van der Waals surface area contributed by atoms with Gasteiger partial charge >= 0.3 is 10.1 Å². The van der Waals surface area contributed by atoms with Crippen LogP contribution in [0, 0.1) is 11.3 Å². The number of nitrogens with zero attached hydrogens (tertiary/aromatic N) is 1. The van der Waals surface area contributed by atoms with Crippen LogP contribution in [0.4, 0.5) is 0 Å². The highest BCUT2D eigenvalue weighted by Crippen LogP contribution is 2.34. The number of hydrogen-bond donors (Lipinski definition) is 0. The van der Waals surface area contributed by atoms with Gasteiger partial charge in [-0.3, -0.25) is 0 Å². The maximum absolute atomic E-state index is 12.5. The summed E-state index contributed by atoms with van der Waals surface area (Å²) >= 11 is 0.